The Morgan fingerprint density at radius 3 is 2.48 bits per heavy atom. The quantitative estimate of drug-likeness (QED) is 0.448. The van der Waals surface area contributed by atoms with E-state index in [-0.39, 0.29) is 29.0 Å². The van der Waals surface area contributed by atoms with Crippen LogP contribution in [0.2, 0.25) is 5.02 Å². The van der Waals surface area contributed by atoms with E-state index in [1.165, 1.54) is 18.3 Å². The molecule has 3 fully saturated rings. The molecular formula is C31H37ClFN7O4. The minimum absolute atomic E-state index is 0.0158. The fourth-order valence-electron chi connectivity index (χ4n) is 6.43. The van der Waals surface area contributed by atoms with Gasteiger partial charge in [-0.2, -0.15) is 5.10 Å². The van der Waals surface area contributed by atoms with E-state index in [1.807, 2.05) is 26.8 Å². The van der Waals surface area contributed by atoms with Crippen molar-refractivity contribution in [3.63, 3.8) is 0 Å². The van der Waals surface area contributed by atoms with E-state index >= 15 is 0 Å². The normalized spacial score (nSPS) is 22.6. The number of anilines is 2. The van der Waals surface area contributed by atoms with E-state index in [1.54, 1.807) is 26.6 Å². The second-order valence-electron chi connectivity index (χ2n) is 12.9. The maximum absolute atomic E-state index is 13.5. The summed E-state index contributed by atoms with van der Waals surface area (Å²) in [6, 6.07) is 5.87. The van der Waals surface area contributed by atoms with Gasteiger partial charge in [0.15, 0.2) is 5.65 Å². The van der Waals surface area contributed by atoms with Gasteiger partial charge in [-0.25, -0.2) is 18.7 Å². The molecule has 0 unspecified atom stereocenters. The van der Waals surface area contributed by atoms with Crippen LogP contribution in [0.3, 0.4) is 0 Å². The molecule has 2 aromatic heterocycles. The second kappa shape index (κ2) is 11.5. The fraction of sp³-hybridized carbons (Fsp3) is 0.516. The third-order valence-corrected chi connectivity index (χ3v) is 9.15. The monoisotopic (exact) mass is 625 g/mol. The van der Waals surface area contributed by atoms with Crippen molar-refractivity contribution in [2.75, 3.05) is 42.5 Å². The number of ether oxygens (including phenoxy) is 1. The van der Waals surface area contributed by atoms with E-state index in [4.69, 9.17) is 21.3 Å². The number of fused-ring (bicyclic) bond motifs is 1. The first-order valence-electron chi connectivity index (χ1n) is 15.1. The first kappa shape index (κ1) is 30.1. The fourth-order valence-corrected chi connectivity index (χ4v) is 6.70. The zero-order valence-corrected chi connectivity index (χ0v) is 25.9. The molecule has 1 N–H and O–H groups in total. The van der Waals surface area contributed by atoms with Crippen LogP contribution in [-0.4, -0.2) is 81.8 Å². The Kier molecular flexibility index (Phi) is 7.89. The summed E-state index contributed by atoms with van der Waals surface area (Å²) in [6.45, 7) is 8.28. The van der Waals surface area contributed by atoms with Crippen molar-refractivity contribution in [2.45, 2.75) is 64.5 Å². The van der Waals surface area contributed by atoms with E-state index in [0.29, 0.717) is 87.5 Å². The lowest BCUT2D eigenvalue weighted by molar-refractivity contribution is -0.127. The number of carbonyl (C=O) groups is 3. The molecule has 1 aliphatic carbocycles. The van der Waals surface area contributed by atoms with Gasteiger partial charge in [-0.3, -0.25) is 9.59 Å². The number of rotatable bonds is 4. The Morgan fingerprint density at radius 2 is 1.80 bits per heavy atom. The average molecular weight is 626 g/mol. The van der Waals surface area contributed by atoms with Gasteiger partial charge in [-0.15, -0.1) is 0 Å². The molecule has 13 heteroatoms. The summed E-state index contributed by atoms with van der Waals surface area (Å²) in [5.74, 6) is 0.0352. The van der Waals surface area contributed by atoms with Crippen LogP contribution in [-0.2, 0) is 9.53 Å². The smallest absolute Gasteiger partial charge is 0.410 e. The number of halogens is 2. The Hall–Kier alpha value is -3.93. The highest BCUT2D eigenvalue weighted by Gasteiger charge is 2.49. The van der Waals surface area contributed by atoms with E-state index in [2.05, 4.69) is 15.3 Å². The molecule has 3 aromatic rings. The van der Waals surface area contributed by atoms with Crippen LogP contribution in [0, 0.1) is 11.2 Å². The van der Waals surface area contributed by atoms with Crippen LogP contribution in [0.4, 0.5) is 20.7 Å². The molecule has 0 bridgehead atoms. The summed E-state index contributed by atoms with van der Waals surface area (Å²) in [4.78, 5) is 49.5. The minimum atomic E-state index is -0.548. The molecule has 44 heavy (non-hydrogen) atoms. The SMILES string of the molecule is CC(C)(C)OC(=O)N1CCN(c2ccn3ncc(C(=O)NC4CCC5(CC4)CCN(c4ccc(F)cc4Cl)C5=O)c3n2)CC1. The number of nitrogens with zero attached hydrogens (tertiary/aromatic N) is 6. The van der Waals surface area contributed by atoms with Crippen molar-refractivity contribution in [3.05, 3.63) is 53.1 Å². The van der Waals surface area contributed by atoms with Crippen LogP contribution in [0.5, 0.6) is 0 Å². The largest absolute Gasteiger partial charge is 0.444 e. The Labute approximate surface area is 260 Å². The lowest BCUT2D eigenvalue weighted by atomic mass is 9.71. The molecule has 2 aliphatic heterocycles. The summed E-state index contributed by atoms with van der Waals surface area (Å²) in [5.41, 5.74) is 0.338. The van der Waals surface area contributed by atoms with Gasteiger partial charge in [0.25, 0.3) is 5.91 Å². The van der Waals surface area contributed by atoms with Crippen molar-refractivity contribution in [1.82, 2.24) is 24.8 Å². The van der Waals surface area contributed by atoms with Gasteiger partial charge in [0, 0.05) is 45.0 Å². The Balaban J connectivity index is 1.07. The molecule has 1 aromatic carbocycles. The predicted molar refractivity (Wildman–Crippen MR) is 164 cm³/mol. The third-order valence-electron chi connectivity index (χ3n) is 8.85. The molecule has 11 nitrogen and oxygen atoms in total. The topological polar surface area (TPSA) is 112 Å². The molecule has 0 atom stereocenters. The van der Waals surface area contributed by atoms with E-state index < -0.39 is 16.8 Å². The zero-order valence-electron chi connectivity index (χ0n) is 25.2. The van der Waals surface area contributed by atoms with Gasteiger partial charge in [0.2, 0.25) is 5.91 Å². The van der Waals surface area contributed by atoms with Crippen LogP contribution in [0.15, 0.2) is 36.7 Å². The third kappa shape index (κ3) is 5.91. The maximum atomic E-state index is 13.5. The first-order chi connectivity index (χ1) is 20.9. The molecule has 2 saturated heterocycles. The Morgan fingerprint density at radius 1 is 1.07 bits per heavy atom. The molecular weight excluding hydrogens is 589 g/mol. The Bertz CT molecular complexity index is 1590. The highest BCUT2D eigenvalue weighted by Crippen LogP contribution is 2.47. The van der Waals surface area contributed by atoms with Crippen LogP contribution >= 0.6 is 11.6 Å². The molecule has 234 valence electrons. The number of hydrogen-bond donors (Lipinski definition) is 1. The molecule has 3 aliphatic rings. The van der Waals surface area contributed by atoms with Crippen LogP contribution < -0.4 is 15.1 Å². The van der Waals surface area contributed by atoms with Crippen molar-refractivity contribution >= 4 is 46.7 Å². The number of carbonyl (C=O) groups excluding carboxylic acids is 3. The predicted octanol–water partition coefficient (Wildman–Crippen LogP) is 4.67. The van der Waals surface area contributed by atoms with Gasteiger partial charge in [-0.05, 0) is 77.1 Å². The van der Waals surface area contributed by atoms with E-state index in [0.717, 1.165) is 0 Å². The van der Waals surface area contributed by atoms with Crippen molar-refractivity contribution in [2.24, 2.45) is 5.41 Å². The van der Waals surface area contributed by atoms with Crippen LogP contribution in [0.1, 0.15) is 63.2 Å². The lowest BCUT2D eigenvalue weighted by Gasteiger charge is -2.36. The number of aromatic nitrogens is 3. The van der Waals surface area contributed by atoms with Crippen molar-refractivity contribution < 1.29 is 23.5 Å². The molecule has 0 radical (unpaired) electrons. The van der Waals surface area contributed by atoms with Gasteiger partial charge in [-0.1, -0.05) is 11.6 Å². The number of amides is 3. The maximum Gasteiger partial charge on any atom is 0.410 e. The van der Waals surface area contributed by atoms with Gasteiger partial charge in [0.1, 0.15) is 22.8 Å². The molecule has 6 rings (SSSR count). The standard InChI is InChI=1S/C31H37ClFN7O4/c1-30(2,3)44-29(43)38-16-14-37(15-17-38)25-8-12-40-26(36-25)22(19-34-40)27(41)35-21-6-9-31(10-7-21)11-13-39(28(31)42)24-5-4-20(33)18-23(24)32/h4-5,8,12,18-19,21H,6-7,9-11,13-17H2,1-3H3,(H,35,41). The summed E-state index contributed by atoms with van der Waals surface area (Å²) in [7, 11) is 0. The average Bonchev–Trinajstić information content (AvgIpc) is 3.54. The minimum Gasteiger partial charge on any atom is -0.444 e. The summed E-state index contributed by atoms with van der Waals surface area (Å²) >= 11 is 6.25. The molecule has 1 saturated carbocycles. The van der Waals surface area contributed by atoms with Crippen molar-refractivity contribution in [3.8, 4) is 0 Å². The zero-order chi connectivity index (χ0) is 31.2. The van der Waals surface area contributed by atoms with Crippen LogP contribution in [0.25, 0.3) is 5.65 Å². The highest BCUT2D eigenvalue weighted by molar-refractivity contribution is 6.34. The molecule has 3 amide bonds. The number of hydrogen-bond acceptors (Lipinski definition) is 7. The van der Waals surface area contributed by atoms with E-state index in [9.17, 15) is 18.8 Å². The number of benzene rings is 1. The molecule has 4 heterocycles. The first-order valence-corrected chi connectivity index (χ1v) is 15.5. The summed E-state index contributed by atoms with van der Waals surface area (Å²) in [6.07, 6.45) is 6.33. The number of nitrogens with one attached hydrogen (secondary N) is 1. The summed E-state index contributed by atoms with van der Waals surface area (Å²) < 4.78 is 20.6. The molecule has 1 spiro atoms. The van der Waals surface area contributed by atoms with Gasteiger partial charge in [0.05, 0.1) is 22.3 Å². The van der Waals surface area contributed by atoms with Gasteiger partial charge >= 0.3 is 6.09 Å². The second-order valence-corrected chi connectivity index (χ2v) is 13.3. The lowest BCUT2D eigenvalue weighted by Crippen LogP contribution is -2.50. The van der Waals surface area contributed by atoms with Gasteiger partial charge < -0.3 is 24.8 Å². The highest BCUT2D eigenvalue weighted by atomic mass is 35.5. The van der Waals surface area contributed by atoms with Crippen molar-refractivity contribution in [1.29, 1.82) is 0 Å². The number of piperazine rings is 1. The summed E-state index contributed by atoms with van der Waals surface area (Å²) in [5, 5.41) is 7.69.